The van der Waals surface area contributed by atoms with Crippen molar-refractivity contribution in [3.63, 3.8) is 0 Å². The predicted octanol–water partition coefficient (Wildman–Crippen LogP) is 5.43. The van der Waals surface area contributed by atoms with Crippen molar-refractivity contribution in [2.75, 3.05) is 30.0 Å². The molecular weight excluding hydrogens is 498 g/mol. The van der Waals surface area contributed by atoms with Crippen LogP contribution in [0.25, 0.3) is 10.9 Å². The monoisotopic (exact) mass is 524 g/mol. The van der Waals surface area contributed by atoms with Gasteiger partial charge < -0.3 is 16.0 Å². The van der Waals surface area contributed by atoms with E-state index >= 15 is 0 Å². The molecule has 0 atom stereocenters. The number of alkyl halides is 3. The van der Waals surface area contributed by atoms with E-state index in [0.29, 0.717) is 35.0 Å². The summed E-state index contributed by atoms with van der Waals surface area (Å²) in [5, 5.41) is 4.40. The highest BCUT2D eigenvalue weighted by molar-refractivity contribution is 5.93. The molecule has 1 fully saturated rings. The summed E-state index contributed by atoms with van der Waals surface area (Å²) in [6.07, 6.45) is -0.603. The lowest BCUT2D eigenvalue weighted by Crippen LogP contribution is -2.39. The lowest BCUT2D eigenvalue weighted by atomic mass is 9.89. The normalized spacial score (nSPS) is 15.8. The lowest BCUT2D eigenvalue weighted by Gasteiger charge is -2.32. The minimum absolute atomic E-state index is 0.0981. The van der Waals surface area contributed by atoms with E-state index in [-0.39, 0.29) is 36.1 Å². The molecule has 1 aliphatic heterocycles. The molecule has 12 heteroatoms. The zero-order valence-corrected chi connectivity index (χ0v) is 19.7. The van der Waals surface area contributed by atoms with Crippen LogP contribution in [-0.2, 0) is 0 Å². The summed E-state index contributed by atoms with van der Waals surface area (Å²) in [4.78, 5) is 4.14. The summed E-state index contributed by atoms with van der Waals surface area (Å²) in [5.74, 6) is 3.35. The van der Waals surface area contributed by atoms with E-state index < -0.39 is 30.2 Å². The van der Waals surface area contributed by atoms with Crippen molar-refractivity contribution < 1.29 is 26.3 Å². The molecule has 1 aliphatic rings. The van der Waals surface area contributed by atoms with Crippen LogP contribution in [0.5, 0.6) is 0 Å². The number of nitrogens with one attached hydrogen (secondary N) is 2. The molecule has 2 heterocycles. The van der Waals surface area contributed by atoms with Crippen LogP contribution in [0.4, 0.5) is 37.7 Å². The first-order valence-corrected chi connectivity index (χ1v) is 11.4. The number of anilines is 2. The first-order valence-electron chi connectivity index (χ1n) is 11.4. The van der Waals surface area contributed by atoms with Gasteiger partial charge in [-0.2, -0.15) is 13.2 Å². The van der Waals surface area contributed by atoms with Gasteiger partial charge in [-0.1, -0.05) is 12.6 Å². The van der Waals surface area contributed by atoms with Gasteiger partial charge in [-0.15, -0.1) is 0 Å². The second kappa shape index (κ2) is 10.4. The highest BCUT2D eigenvalue weighted by atomic mass is 19.4. The van der Waals surface area contributed by atoms with Crippen LogP contribution in [0, 0.1) is 17.5 Å². The smallest absolute Gasteiger partial charge is 0.396 e. The number of aromatic amines is 1. The number of hydrogen-bond acceptors (Lipinski definition) is 5. The molecule has 2 aromatic carbocycles. The summed E-state index contributed by atoms with van der Waals surface area (Å²) in [7, 11) is 0. The Hall–Kier alpha value is -3.64. The van der Waals surface area contributed by atoms with Gasteiger partial charge in [0.2, 0.25) is 0 Å². The van der Waals surface area contributed by atoms with Crippen LogP contribution >= 0.6 is 0 Å². The third-order valence-electron chi connectivity index (χ3n) is 6.35. The maximum absolute atomic E-state index is 14.9. The molecule has 0 unspecified atom stereocenters. The number of nitrogens with zero attached hydrogens (tertiary/aromatic N) is 2. The first kappa shape index (κ1) is 26.4. The largest absolute Gasteiger partial charge is 0.401 e. The van der Waals surface area contributed by atoms with E-state index in [4.69, 9.17) is 11.6 Å². The number of rotatable bonds is 7. The third kappa shape index (κ3) is 6.20. The molecule has 0 bridgehead atoms. The molecule has 198 valence electrons. The minimum atomic E-state index is -4.26. The number of fused-ring (bicyclic) bond motifs is 1. The van der Waals surface area contributed by atoms with Gasteiger partial charge in [0.15, 0.2) is 11.6 Å². The maximum atomic E-state index is 14.9. The second-order valence-corrected chi connectivity index (χ2v) is 8.98. The number of piperidine rings is 1. The topological polar surface area (TPSA) is 86.3 Å². The Kier molecular flexibility index (Phi) is 7.42. The van der Waals surface area contributed by atoms with Crippen molar-refractivity contribution in [3.8, 4) is 0 Å². The van der Waals surface area contributed by atoms with Crippen LogP contribution in [0.3, 0.4) is 0 Å². The summed E-state index contributed by atoms with van der Waals surface area (Å²) in [6.45, 7) is 3.34. The molecule has 1 aromatic heterocycles. The van der Waals surface area contributed by atoms with Crippen LogP contribution in [0.1, 0.15) is 24.3 Å². The van der Waals surface area contributed by atoms with Crippen molar-refractivity contribution >= 4 is 22.3 Å². The fourth-order valence-electron chi connectivity index (χ4n) is 4.42. The number of aromatic nitrogens is 1. The van der Waals surface area contributed by atoms with Gasteiger partial charge in [0, 0.05) is 23.8 Å². The van der Waals surface area contributed by atoms with Crippen LogP contribution in [-0.4, -0.2) is 35.7 Å². The van der Waals surface area contributed by atoms with Gasteiger partial charge in [0.25, 0.3) is 0 Å². The average molecular weight is 525 g/mol. The van der Waals surface area contributed by atoms with Crippen LogP contribution in [0.2, 0.25) is 0 Å². The van der Waals surface area contributed by atoms with Gasteiger partial charge in [0.05, 0.1) is 34.8 Å². The highest BCUT2D eigenvalue weighted by Crippen LogP contribution is 2.33. The first-order chi connectivity index (χ1) is 17.4. The van der Waals surface area contributed by atoms with Crippen molar-refractivity contribution in [3.05, 3.63) is 83.7 Å². The molecule has 6 N–H and O–H groups in total. The minimum Gasteiger partial charge on any atom is -0.396 e. The van der Waals surface area contributed by atoms with E-state index in [1.807, 2.05) is 0 Å². The van der Waals surface area contributed by atoms with E-state index in [2.05, 4.69) is 16.9 Å². The van der Waals surface area contributed by atoms with Gasteiger partial charge in [-0.25, -0.2) is 19.0 Å². The summed E-state index contributed by atoms with van der Waals surface area (Å²) < 4.78 is 79.8. The molecule has 0 spiro atoms. The van der Waals surface area contributed by atoms with E-state index in [1.165, 1.54) is 23.4 Å². The van der Waals surface area contributed by atoms with E-state index in [9.17, 15) is 26.3 Å². The highest BCUT2D eigenvalue weighted by Gasteiger charge is 2.33. The SMILES string of the molecule is C=C(Nc1c[nH]c2cc(F)c(F)cc12)/C(N)=C/N(N)c1ccc(C2CCN(CC(F)(F)F)CC2)c(F)c1. The molecule has 4 rings (SSSR count). The fourth-order valence-corrected chi connectivity index (χ4v) is 4.42. The molecule has 1 saturated heterocycles. The molecule has 6 nitrogen and oxygen atoms in total. The van der Waals surface area contributed by atoms with Gasteiger partial charge in [-0.05, 0) is 55.6 Å². The number of benzene rings is 2. The maximum Gasteiger partial charge on any atom is 0.401 e. The zero-order valence-electron chi connectivity index (χ0n) is 19.7. The number of likely N-dealkylation sites (tertiary alicyclic amines) is 1. The van der Waals surface area contributed by atoms with Crippen molar-refractivity contribution in [2.24, 2.45) is 11.6 Å². The van der Waals surface area contributed by atoms with Crippen molar-refractivity contribution in [2.45, 2.75) is 24.9 Å². The number of hydrazine groups is 1. The Labute approximate surface area is 209 Å². The van der Waals surface area contributed by atoms with Crippen molar-refractivity contribution in [1.29, 1.82) is 0 Å². The molecular formula is C25H26F6N6. The second-order valence-electron chi connectivity index (χ2n) is 8.98. The quantitative estimate of drug-likeness (QED) is 0.143. The van der Waals surface area contributed by atoms with E-state index in [0.717, 1.165) is 17.1 Å². The summed E-state index contributed by atoms with van der Waals surface area (Å²) >= 11 is 0. The average Bonchev–Trinajstić information content (AvgIpc) is 3.19. The molecule has 0 radical (unpaired) electrons. The Morgan fingerprint density at radius 1 is 1.11 bits per heavy atom. The Balaban J connectivity index is 1.40. The Morgan fingerprint density at radius 3 is 2.43 bits per heavy atom. The summed E-state index contributed by atoms with van der Waals surface area (Å²) in [6, 6.07) is 6.47. The molecule has 37 heavy (non-hydrogen) atoms. The zero-order chi connectivity index (χ0) is 26.9. The van der Waals surface area contributed by atoms with Crippen LogP contribution < -0.4 is 21.9 Å². The molecule has 0 saturated carbocycles. The third-order valence-corrected chi connectivity index (χ3v) is 6.35. The predicted molar refractivity (Wildman–Crippen MR) is 131 cm³/mol. The number of hydrogen-bond donors (Lipinski definition) is 4. The fraction of sp³-hybridized carbons (Fsp3) is 0.280. The van der Waals surface area contributed by atoms with Crippen LogP contribution in [0.15, 0.2) is 60.7 Å². The number of nitrogens with two attached hydrogens (primary N) is 2. The summed E-state index contributed by atoms with van der Waals surface area (Å²) in [5.41, 5.74) is 7.88. The van der Waals surface area contributed by atoms with Gasteiger partial charge in [0.1, 0.15) is 5.82 Å². The lowest BCUT2D eigenvalue weighted by molar-refractivity contribution is -0.147. The Bertz CT molecular complexity index is 1320. The molecule has 0 aliphatic carbocycles. The number of H-pyrrole nitrogens is 1. The van der Waals surface area contributed by atoms with E-state index in [1.54, 1.807) is 12.1 Å². The number of halogens is 6. The van der Waals surface area contributed by atoms with Gasteiger partial charge in [-0.3, -0.25) is 9.91 Å². The standard InChI is InChI=1S/C25H26F6N6/c1-14(35-24-11-34-23-10-21(28)20(27)9-18(23)24)22(32)12-37(33)16-2-3-17(19(26)8-16)15-4-6-36(7-5-15)13-25(29,30)31/h2-3,8-12,15,34-35H,1,4-7,13,32-33H2/b22-12-. The Morgan fingerprint density at radius 2 is 1.78 bits per heavy atom. The van der Waals surface area contributed by atoms with Crippen molar-refractivity contribution in [1.82, 2.24) is 9.88 Å². The molecule has 0 amide bonds. The van der Waals surface area contributed by atoms with Gasteiger partial charge >= 0.3 is 6.18 Å². The molecule has 3 aromatic rings.